The monoisotopic (exact) mass is 762 g/mol. The van der Waals surface area contributed by atoms with Gasteiger partial charge in [0.2, 0.25) is 0 Å². The van der Waals surface area contributed by atoms with Gasteiger partial charge in [0.05, 0.1) is 22.1 Å². The molecule has 280 valence electrons. The zero-order valence-electron chi connectivity index (χ0n) is 32.8. The van der Waals surface area contributed by atoms with Gasteiger partial charge in [-0.25, -0.2) is 0 Å². The summed E-state index contributed by atoms with van der Waals surface area (Å²) in [6.45, 7) is 0. The van der Waals surface area contributed by atoms with Crippen LogP contribution in [0.4, 0.5) is 0 Å². The lowest BCUT2D eigenvalue weighted by molar-refractivity contribution is 1.18. The van der Waals surface area contributed by atoms with Gasteiger partial charge >= 0.3 is 0 Å². The Balaban J connectivity index is 0.926. The first-order chi connectivity index (χ1) is 29.7. The third kappa shape index (κ3) is 5.65. The Morgan fingerprint density at radius 1 is 0.200 bits per heavy atom. The number of hydrogen-bond donors (Lipinski definition) is 0. The fraction of sp³-hybridized carbons (Fsp3) is 0. The van der Waals surface area contributed by atoms with Crippen LogP contribution in [0, 0.1) is 0 Å². The van der Waals surface area contributed by atoms with E-state index >= 15 is 0 Å². The van der Waals surface area contributed by atoms with Crippen molar-refractivity contribution in [1.82, 2.24) is 9.13 Å². The van der Waals surface area contributed by atoms with E-state index < -0.39 is 0 Å². The Kier molecular flexibility index (Phi) is 7.89. The maximum Gasteiger partial charge on any atom is 0.0547 e. The first-order valence-corrected chi connectivity index (χ1v) is 20.7. The summed E-state index contributed by atoms with van der Waals surface area (Å²) in [5.74, 6) is 0. The summed E-state index contributed by atoms with van der Waals surface area (Å²) in [5, 5.41) is 7.48. The van der Waals surface area contributed by atoms with Crippen LogP contribution in [0.15, 0.2) is 231 Å². The molecule has 2 heterocycles. The summed E-state index contributed by atoms with van der Waals surface area (Å²) in [5.41, 5.74) is 16.8. The van der Waals surface area contributed by atoms with E-state index in [0.717, 1.165) is 11.4 Å². The molecule has 0 saturated heterocycles. The van der Waals surface area contributed by atoms with Crippen LogP contribution in [0.2, 0.25) is 0 Å². The molecule has 0 atom stereocenters. The number of aromatic nitrogens is 2. The molecule has 0 bridgehead atoms. The standard InChI is InChI=1S/C58H38N2/c1-3-12-39(13-4-1)43-16-11-17-49(35-43)59-55-20-9-7-18-51(55)53-32-29-47(37-57(53)59)41-22-24-42(25-23-41)48-30-33-54-52-19-8-10-21-56(52)60(58(54)38-48)50-31-28-45-34-44(26-27-46(45)36-50)40-14-5-2-6-15-40/h1-38H. The second-order valence-electron chi connectivity index (χ2n) is 15.8. The second-order valence-corrected chi connectivity index (χ2v) is 15.8. The lowest BCUT2D eigenvalue weighted by Gasteiger charge is -2.12. The van der Waals surface area contributed by atoms with Crippen LogP contribution in [0.3, 0.4) is 0 Å². The molecule has 0 spiro atoms. The molecule has 0 fully saturated rings. The van der Waals surface area contributed by atoms with E-state index in [-0.39, 0.29) is 0 Å². The van der Waals surface area contributed by atoms with Gasteiger partial charge < -0.3 is 9.13 Å². The summed E-state index contributed by atoms with van der Waals surface area (Å²) < 4.78 is 4.84. The van der Waals surface area contributed by atoms with Gasteiger partial charge in [0.1, 0.15) is 0 Å². The third-order valence-corrected chi connectivity index (χ3v) is 12.3. The predicted octanol–water partition coefficient (Wildman–Crippen LogP) is 15.7. The Hall–Kier alpha value is -7.94. The number of hydrogen-bond acceptors (Lipinski definition) is 0. The average molecular weight is 763 g/mol. The van der Waals surface area contributed by atoms with Gasteiger partial charge in [0.15, 0.2) is 0 Å². The first kappa shape index (κ1) is 34.1. The topological polar surface area (TPSA) is 9.86 Å². The smallest absolute Gasteiger partial charge is 0.0547 e. The molecule has 12 rings (SSSR count). The van der Waals surface area contributed by atoms with E-state index in [0.29, 0.717) is 0 Å². The molecule has 0 unspecified atom stereocenters. The molecular formula is C58H38N2. The summed E-state index contributed by atoms with van der Waals surface area (Å²) in [7, 11) is 0. The van der Waals surface area contributed by atoms with Crippen molar-refractivity contribution in [1.29, 1.82) is 0 Å². The fourth-order valence-corrected chi connectivity index (χ4v) is 9.35. The van der Waals surface area contributed by atoms with Crippen molar-refractivity contribution in [2.24, 2.45) is 0 Å². The van der Waals surface area contributed by atoms with Crippen LogP contribution in [0.25, 0.3) is 110 Å². The molecule has 0 N–H and O–H groups in total. The Morgan fingerprint density at radius 3 is 1.17 bits per heavy atom. The number of rotatable bonds is 6. The van der Waals surface area contributed by atoms with E-state index in [9.17, 15) is 0 Å². The number of para-hydroxylation sites is 2. The molecule has 2 nitrogen and oxygen atoms in total. The zero-order valence-corrected chi connectivity index (χ0v) is 32.8. The van der Waals surface area contributed by atoms with E-state index in [1.807, 2.05) is 0 Å². The lowest BCUT2D eigenvalue weighted by Crippen LogP contribution is -1.94. The van der Waals surface area contributed by atoms with E-state index in [1.165, 1.54) is 98.9 Å². The Bertz CT molecular complexity index is 3570. The minimum Gasteiger partial charge on any atom is -0.309 e. The normalized spacial score (nSPS) is 11.7. The molecule has 2 aromatic heterocycles. The number of benzene rings is 10. The van der Waals surface area contributed by atoms with Crippen LogP contribution in [0.5, 0.6) is 0 Å². The molecule has 0 radical (unpaired) electrons. The molecule has 10 aromatic carbocycles. The van der Waals surface area contributed by atoms with E-state index in [1.54, 1.807) is 0 Å². The van der Waals surface area contributed by atoms with Crippen LogP contribution in [-0.4, -0.2) is 9.13 Å². The Morgan fingerprint density at radius 2 is 0.583 bits per heavy atom. The van der Waals surface area contributed by atoms with Crippen molar-refractivity contribution in [3.8, 4) is 55.9 Å². The molecular weight excluding hydrogens is 725 g/mol. The van der Waals surface area contributed by atoms with Gasteiger partial charge in [0.25, 0.3) is 0 Å². The van der Waals surface area contributed by atoms with Gasteiger partial charge in [-0.1, -0.05) is 176 Å². The summed E-state index contributed by atoms with van der Waals surface area (Å²) >= 11 is 0. The van der Waals surface area contributed by atoms with Crippen LogP contribution in [0.1, 0.15) is 0 Å². The molecule has 2 heteroatoms. The molecule has 0 amide bonds. The molecule has 0 aliphatic heterocycles. The molecule has 0 aliphatic carbocycles. The molecule has 12 aromatic rings. The van der Waals surface area contributed by atoms with Gasteiger partial charge in [-0.05, 0) is 110 Å². The van der Waals surface area contributed by atoms with Crippen molar-refractivity contribution in [3.63, 3.8) is 0 Å². The molecule has 0 aliphatic rings. The van der Waals surface area contributed by atoms with Crippen molar-refractivity contribution in [2.75, 3.05) is 0 Å². The highest BCUT2D eigenvalue weighted by molar-refractivity contribution is 6.11. The molecule has 60 heavy (non-hydrogen) atoms. The molecule has 0 saturated carbocycles. The highest BCUT2D eigenvalue weighted by Crippen LogP contribution is 2.39. The maximum atomic E-state index is 2.43. The maximum absolute atomic E-state index is 2.43. The summed E-state index contributed by atoms with van der Waals surface area (Å²) in [6.07, 6.45) is 0. The highest BCUT2D eigenvalue weighted by atomic mass is 15.0. The van der Waals surface area contributed by atoms with Gasteiger partial charge in [-0.3, -0.25) is 0 Å². The van der Waals surface area contributed by atoms with Crippen LogP contribution < -0.4 is 0 Å². The second kappa shape index (κ2) is 13.9. The van der Waals surface area contributed by atoms with Crippen molar-refractivity contribution in [3.05, 3.63) is 231 Å². The van der Waals surface area contributed by atoms with E-state index in [2.05, 4.69) is 240 Å². The lowest BCUT2D eigenvalue weighted by atomic mass is 9.98. The van der Waals surface area contributed by atoms with Gasteiger partial charge in [-0.2, -0.15) is 0 Å². The minimum absolute atomic E-state index is 1.16. The predicted molar refractivity (Wildman–Crippen MR) is 254 cm³/mol. The van der Waals surface area contributed by atoms with Crippen LogP contribution >= 0.6 is 0 Å². The van der Waals surface area contributed by atoms with Crippen molar-refractivity contribution < 1.29 is 0 Å². The SMILES string of the molecule is c1ccc(-c2cccc(-n3c4ccccc4c4ccc(-c5ccc(-c6ccc7c8ccccc8n(-c8ccc9cc(-c%10ccccc%10)ccc9c8)c7c6)cc5)cc43)c2)cc1. The van der Waals surface area contributed by atoms with Crippen molar-refractivity contribution >= 4 is 54.4 Å². The van der Waals surface area contributed by atoms with Crippen LogP contribution in [-0.2, 0) is 0 Å². The summed E-state index contributed by atoms with van der Waals surface area (Å²) in [6, 6.07) is 84.2. The third-order valence-electron chi connectivity index (χ3n) is 12.3. The van der Waals surface area contributed by atoms with E-state index in [4.69, 9.17) is 0 Å². The van der Waals surface area contributed by atoms with Gasteiger partial charge in [-0.15, -0.1) is 0 Å². The highest BCUT2D eigenvalue weighted by Gasteiger charge is 2.16. The number of nitrogens with zero attached hydrogens (tertiary/aromatic N) is 2. The number of fused-ring (bicyclic) bond motifs is 7. The summed E-state index contributed by atoms with van der Waals surface area (Å²) in [4.78, 5) is 0. The average Bonchev–Trinajstić information content (AvgIpc) is 3.84. The van der Waals surface area contributed by atoms with Gasteiger partial charge in [0, 0.05) is 32.9 Å². The largest absolute Gasteiger partial charge is 0.309 e. The Labute approximate surface area is 348 Å². The minimum atomic E-state index is 1.16. The zero-order chi connectivity index (χ0) is 39.6. The first-order valence-electron chi connectivity index (χ1n) is 20.7. The fourth-order valence-electron chi connectivity index (χ4n) is 9.35. The quantitative estimate of drug-likeness (QED) is 0.160. The van der Waals surface area contributed by atoms with Crippen molar-refractivity contribution in [2.45, 2.75) is 0 Å².